The van der Waals surface area contributed by atoms with E-state index in [1.54, 1.807) is 12.1 Å². The van der Waals surface area contributed by atoms with Crippen molar-refractivity contribution < 1.29 is 33.0 Å². The molecule has 11 heteroatoms. The minimum Gasteiger partial charge on any atom is -0.452 e. The molecule has 258 valence electrons. The number of nitrogens with zero attached hydrogens (tertiary/aromatic N) is 2. The third-order valence-corrected chi connectivity index (χ3v) is 10.3. The van der Waals surface area contributed by atoms with Gasteiger partial charge in [0, 0.05) is 18.5 Å². The van der Waals surface area contributed by atoms with Crippen molar-refractivity contribution in [2.45, 2.75) is 75.1 Å². The molecule has 3 aromatic carbocycles. The molecule has 10 nitrogen and oxygen atoms in total. The summed E-state index contributed by atoms with van der Waals surface area (Å²) in [6, 6.07) is 21.5. The number of aliphatic hydroxyl groups is 2. The number of imide groups is 1. The van der Waals surface area contributed by atoms with Crippen LogP contribution in [-0.4, -0.2) is 78.2 Å². The summed E-state index contributed by atoms with van der Waals surface area (Å²) >= 11 is 0. The van der Waals surface area contributed by atoms with E-state index in [1.807, 2.05) is 74.5 Å². The molecular weight excluding hydrogens is 630 g/mol. The Morgan fingerprint density at radius 2 is 1.46 bits per heavy atom. The Hall–Kier alpha value is -4.05. The monoisotopic (exact) mass is 677 g/mol. The van der Waals surface area contributed by atoms with Gasteiger partial charge in [-0.2, -0.15) is 4.31 Å². The predicted octanol–water partition coefficient (Wildman–Crippen LogP) is 4.50. The van der Waals surface area contributed by atoms with E-state index in [2.05, 4.69) is 5.92 Å². The summed E-state index contributed by atoms with van der Waals surface area (Å²) in [5.74, 6) is 1.43. The summed E-state index contributed by atoms with van der Waals surface area (Å²) in [5, 5.41) is 19.8. The third-order valence-electron chi connectivity index (χ3n) is 8.35. The molecule has 0 bridgehead atoms. The smallest absolute Gasteiger partial charge is 0.417 e. The molecule has 3 aromatic rings. The maximum atomic E-state index is 14.0. The van der Waals surface area contributed by atoms with Crippen molar-refractivity contribution in [3.63, 3.8) is 0 Å². The molecule has 3 atom stereocenters. The Bertz CT molecular complexity index is 1550. The molecule has 0 heterocycles. The van der Waals surface area contributed by atoms with Crippen LogP contribution in [0, 0.1) is 18.3 Å². The average molecular weight is 678 g/mol. The number of hydrogen-bond acceptors (Lipinski definition) is 8. The second-order valence-electron chi connectivity index (χ2n) is 12.1. The van der Waals surface area contributed by atoms with Crippen molar-refractivity contribution in [3.05, 3.63) is 102 Å². The number of ether oxygens (including phenoxy) is 1. The highest BCUT2D eigenvalue weighted by atomic mass is 32.2. The quantitative estimate of drug-likeness (QED) is 0.177. The minimum atomic E-state index is -4.01. The van der Waals surface area contributed by atoms with E-state index in [9.17, 15) is 28.2 Å². The standard InChI is InChI=1S/C37H47N3O7S/c1-5-31(17-12-18-32(26-42)39(24-23-27(2)3)48(45,46)33-21-19-28(25-41)20-22-33)40(37(44)47-4)36(43)35(38)34(29-13-8-6-9-14-29)30-15-10-7-11-16-30/h1,6-11,13-16,19-22,27,31-32,34-35,41-42H,12,17-18,23-26,38H2,2-4H3/t31-,32-,35-/m0/s1. The number of amides is 2. The second-order valence-corrected chi connectivity index (χ2v) is 13.9. The lowest BCUT2D eigenvalue weighted by Gasteiger charge is -2.32. The molecular formula is C37H47N3O7S. The lowest BCUT2D eigenvalue weighted by molar-refractivity contribution is -0.132. The van der Waals surface area contributed by atoms with Gasteiger partial charge in [0.15, 0.2) is 0 Å². The van der Waals surface area contributed by atoms with E-state index < -0.39 is 52.7 Å². The number of carbonyl (C=O) groups excluding carboxylic acids is 2. The van der Waals surface area contributed by atoms with Crippen LogP contribution in [0.3, 0.4) is 0 Å². The van der Waals surface area contributed by atoms with Crippen LogP contribution >= 0.6 is 0 Å². The van der Waals surface area contributed by atoms with Crippen LogP contribution in [0.5, 0.6) is 0 Å². The number of methoxy groups -OCH3 is 1. The highest BCUT2D eigenvalue weighted by molar-refractivity contribution is 7.89. The van der Waals surface area contributed by atoms with Crippen LogP contribution in [0.2, 0.25) is 0 Å². The highest BCUT2D eigenvalue weighted by Gasteiger charge is 2.38. The van der Waals surface area contributed by atoms with Crippen molar-refractivity contribution in [2.24, 2.45) is 11.7 Å². The zero-order valence-electron chi connectivity index (χ0n) is 27.8. The zero-order valence-corrected chi connectivity index (χ0v) is 28.6. The van der Waals surface area contributed by atoms with Crippen LogP contribution in [0.15, 0.2) is 89.8 Å². The fourth-order valence-corrected chi connectivity index (χ4v) is 7.31. The van der Waals surface area contributed by atoms with Gasteiger partial charge >= 0.3 is 6.09 Å². The molecule has 0 aliphatic carbocycles. The molecule has 0 unspecified atom stereocenters. The Kier molecular flexibility index (Phi) is 14.8. The average Bonchev–Trinajstić information content (AvgIpc) is 3.10. The molecule has 3 rings (SSSR count). The van der Waals surface area contributed by atoms with Gasteiger partial charge in [-0.25, -0.2) is 18.1 Å². The van der Waals surface area contributed by atoms with E-state index in [-0.39, 0.29) is 43.2 Å². The second kappa shape index (κ2) is 18.5. The van der Waals surface area contributed by atoms with Gasteiger partial charge in [0.2, 0.25) is 10.0 Å². The van der Waals surface area contributed by atoms with E-state index in [0.29, 0.717) is 12.0 Å². The fourth-order valence-electron chi connectivity index (χ4n) is 5.65. The van der Waals surface area contributed by atoms with Gasteiger partial charge in [-0.1, -0.05) is 92.6 Å². The van der Waals surface area contributed by atoms with E-state index in [1.165, 1.54) is 16.4 Å². The minimum absolute atomic E-state index is 0.0474. The summed E-state index contributed by atoms with van der Waals surface area (Å²) in [6.45, 7) is 3.47. The summed E-state index contributed by atoms with van der Waals surface area (Å²) < 4.78 is 33.9. The van der Waals surface area contributed by atoms with E-state index >= 15 is 0 Å². The van der Waals surface area contributed by atoms with Crippen molar-refractivity contribution in [1.82, 2.24) is 9.21 Å². The van der Waals surface area contributed by atoms with Crippen LogP contribution in [0.4, 0.5) is 4.79 Å². The molecule has 0 saturated carbocycles. The summed E-state index contributed by atoms with van der Waals surface area (Å²) in [7, 11) is -2.86. The van der Waals surface area contributed by atoms with Gasteiger partial charge in [-0.3, -0.25) is 4.79 Å². The van der Waals surface area contributed by atoms with Gasteiger partial charge in [-0.15, -0.1) is 6.42 Å². The van der Waals surface area contributed by atoms with Gasteiger partial charge in [0.1, 0.15) is 6.04 Å². The van der Waals surface area contributed by atoms with E-state index in [0.717, 1.165) is 23.1 Å². The molecule has 0 spiro atoms. The molecule has 0 aromatic heterocycles. The number of sulfonamides is 1. The topological polar surface area (TPSA) is 150 Å². The predicted molar refractivity (Wildman–Crippen MR) is 185 cm³/mol. The highest BCUT2D eigenvalue weighted by Crippen LogP contribution is 2.29. The van der Waals surface area contributed by atoms with Gasteiger partial charge in [0.25, 0.3) is 5.91 Å². The van der Waals surface area contributed by atoms with Crippen molar-refractivity contribution in [2.75, 3.05) is 20.3 Å². The molecule has 48 heavy (non-hydrogen) atoms. The lowest BCUT2D eigenvalue weighted by atomic mass is 9.84. The maximum Gasteiger partial charge on any atom is 0.417 e. The van der Waals surface area contributed by atoms with Crippen LogP contribution < -0.4 is 5.73 Å². The van der Waals surface area contributed by atoms with Crippen molar-refractivity contribution >= 4 is 22.0 Å². The number of hydrogen-bond donors (Lipinski definition) is 3. The number of aliphatic hydroxyl groups excluding tert-OH is 2. The molecule has 0 aliphatic heterocycles. The molecule has 0 radical (unpaired) electrons. The maximum absolute atomic E-state index is 14.0. The normalized spacial score (nSPS) is 13.6. The van der Waals surface area contributed by atoms with Crippen LogP contribution in [0.25, 0.3) is 0 Å². The first-order valence-electron chi connectivity index (χ1n) is 16.0. The number of benzene rings is 3. The van der Waals surface area contributed by atoms with Gasteiger partial charge < -0.3 is 20.7 Å². The number of carbonyl (C=O) groups is 2. The Morgan fingerprint density at radius 1 is 0.896 bits per heavy atom. The lowest BCUT2D eigenvalue weighted by Crippen LogP contribution is -2.53. The Balaban J connectivity index is 1.85. The number of terminal acetylenes is 1. The largest absolute Gasteiger partial charge is 0.452 e. The van der Waals surface area contributed by atoms with Gasteiger partial charge in [0.05, 0.1) is 31.3 Å². The number of nitrogens with two attached hydrogens (primary N) is 1. The van der Waals surface area contributed by atoms with Gasteiger partial charge in [-0.05, 0) is 60.4 Å². The Labute approximate surface area is 284 Å². The zero-order chi connectivity index (χ0) is 35.3. The van der Waals surface area contributed by atoms with Crippen LogP contribution in [-0.2, 0) is 26.2 Å². The Morgan fingerprint density at radius 3 is 1.92 bits per heavy atom. The molecule has 0 saturated heterocycles. The molecule has 4 N–H and O–H groups in total. The van der Waals surface area contributed by atoms with Crippen molar-refractivity contribution in [1.29, 1.82) is 0 Å². The summed E-state index contributed by atoms with van der Waals surface area (Å²) in [6.07, 6.45) is 6.09. The summed E-state index contributed by atoms with van der Waals surface area (Å²) in [5.41, 5.74) is 8.78. The SMILES string of the molecule is C#C[C@@H](CCC[C@@H](CO)N(CCC(C)C)S(=O)(=O)c1ccc(CO)cc1)N(C(=O)OC)C(=O)[C@@H](N)C(c1ccccc1)c1ccccc1. The summed E-state index contributed by atoms with van der Waals surface area (Å²) in [4.78, 5) is 28.0. The first-order valence-corrected chi connectivity index (χ1v) is 17.5. The van der Waals surface area contributed by atoms with Crippen molar-refractivity contribution in [3.8, 4) is 12.3 Å². The number of rotatable bonds is 17. The molecule has 0 fully saturated rings. The first kappa shape index (κ1) is 38.4. The van der Waals surface area contributed by atoms with E-state index in [4.69, 9.17) is 16.9 Å². The third kappa shape index (κ3) is 9.75. The molecule has 0 aliphatic rings. The first-order chi connectivity index (χ1) is 23.0. The fraction of sp³-hybridized carbons (Fsp3) is 0.405. The molecule has 2 amide bonds. The van der Waals surface area contributed by atoms with Crippen LogP contribution in [0.1, 0.15) is 62.1 Å².